The first-order valence-corrected chi connectivity index (χ1v) is 4.13. The van der Waals surface area contributed by atoms with Gasteiger partial charge in [-0.3, -0.25) is 0 Å². The molecule has 0 aliphatic carbocycles. The van der Waals surface area contributed by atoms with Crippen molar-refractivity contribution in [2.45, 2.75) is 40.2 Å². The molecule has 0 N–H and O–H groups in total. The van der Waals surface area contributed by atoms with Crippen LogP contribution in [-0.2, 0) is 4.74 Å². The predicted octanol–water partition coefficient (Wildman–Crippen LogP) is 2.46. The van der Waals surface area contributed by atoms with Crippen molar-refractivity contribution in [1.82, 2.24) is 0 Å². The first-order chi connectivity index (χ1) is 4.52. The normalized spacial score (nSPS) is 34.8. The van der Waals surface area contributed by atoms with E-state index in [4.69, 9.17) is 4.74 Å². The second kappa shape index (κ2) is 2.54. The lowest BCUT2D eigenvalue weighted by Gasteiger charge is -2.28. The minimum absolute atomic E-state index is 0.427. The summed E-state index contributed by atoms with van der Waals surface area (Å²) >= 11 is 0. The van der Waals surface area contributed by atoms with Crippen molar-refractivity contribution in [1.29, 1.82) is 0 Å². The van der Waals surface area contributed by atoms with Gasteiger partial charge in [0.15, 0.2) is 0 Å². The lowest BCUT2D eigenvalue weighted by Crippen LogP contribution is -2.26. The molecule has 0 radical (unpaired) electrons. The van der Waals surface area contributed by atoms with Gasteiger partial charge in [-0.1, -0.05) is 20.8 Å². The van der Waals surface area contributed by atoms with E-state index in [2.05, 4.69) is 27.7 Å². The van der Waals surface area contributed by atoms with E-state index < -0.39 is 0 Å². The average molecular weight is 142 g/mol. The van der Waals surface area contributed by atoms with Gasteiger partial charge < -0.3 is 4.74 Å². The van der Waals surface area contributed by atoms with Crippen LogP contribution in [0.25, 0.3) is 0 Å². The highest BCUT2D eigenvalue weighted by atomic mass is 16.5. The lowest BCUT2D eigenvalue weighted by atomic mass is 9.77. The molecule has 0 bridgehead atoms. The van der Waals surface area contributed by atoms with Gasteiger partial charge in [0.25, 0.3) is 0 Å². The molecule has 0 saturated carbocycles. The van der Waals surface area contributed by atoms with Crippen molar-refractivity contribution < 1.29 is 4.74 Å². The van der Waals surface area contributed by atoms with Crippen LogP contribution >= 0.6 is 0 Å². The summed E-state index contributed by atoms with van der Waals surface area (Å²) in [6.45, 7) is 10.0. The fourth-order valence-electron chi connectivity index (χ4n) is 1.87. The highest BCUT2D eigenvalue weighted by Crippen LogP contribution is 2.36. The molecule has 60 valence electrons. The largest absolute Gasteiger partial charge is 0.378 e. The van der Waals surface area contributed by atoms with E-state index in [1.54, 1.807) is 0 Å². The van der Waals surface area contributed by atoms with Crippen molar-refractivity contribution >= 4 is 0 Å². The zero-order chi connectivity index (χ0) is 7.78. The molecule has 0 spiro atoms. The van der Waals surface area contributed by atoms with Crippen LogP contribution < -0.4 is 0 Å². The van der Waals surface area contributed by atoms with E-state index >= 15 is 0 Å². The molecule has 0 aromatic heterocycles. The minimum atomic E-state index is 0.427. The topological polar surface area (TPSA) is 9.23 Å². The van der Waals surface area contributed by atoms with Crippen LogP contribution in [0, 0.1) is 11.3 Å². The standard InChI is InChI=1S/C9H18O/c1-7-8(5-6-10-7)9(2,3)4/h7-8H,5-6H2,1-4H3/t7-,8+/m1/s1. The summed E-state index contributed by atoms with van der Waals surface area (Å²) in [7, 11) is 0. The number of rotatable bonds is 0. The minimum Gasteiger partial charge on any atom is -0.378 e. The highest BCUT2D eigenvalue weighted by molar-refractivity contribution is 4.82. The van der Waals surface area contributed by atoms with Gasteiger partial charge in [0.05, 0.1) is 6.10 Å². The van der Waals surface area contributed by atoms with E-state index in [-0.39, 0.29) is 0 Å². The Kier molecular flexibility index (Phi) is 2.04. The van der Waals surface area contributed by atoms with Gasteiger partial charge in [0.1, 0.15) is 0 Å². The second-order valence-corrected chi connectivity index (χ2v) is 4.34. The third-order valence-corrected chi connectivity index (χ3v) is 2.49. The first kappa shape index (κ1) is 8.06. The van der Waals surface area contributed by atoms with Gasteiger partial charge >= 0.3 is 0 Å². The van der Waals surface area contributed by atoms with E-state index in [9.17, 15) is 0 Å². The molecule has 0 aromatic carbocycles. The molecule has 0 unspecified atom stereocenters. The predicted molar refractivity (Wildman–Crippen MR) is 43.0 cm³/mol. The van der Waals surface area contributed by atoms with Crippen LogP contribution in [0.5, 0.6) is 0 Å². The fraction of sp³-hybridized carbons (Fsp3) is 1.00. The maximum absolute atomic E-state index is 5.49. The quantitative estimate of drug-likeness (QED) is 0.505. The number of ether oxygens (including phenoxy) is 1. The van der Waals surface area contributed by atoms with Crippen LogP contribution in [0.4, 0.5) is 0 Å². The van der Waals surface area contributed by atoms with Crippen LogP contribution in [0.2, 0.25) is 0 Å². The monoisotopic (exact) mass is 142 g/mol. The Morgan fingerprint density at radius 2 is 1.90 bits per heavy atom. The number of hydrogen-bond acceptors (Lipinski definition) is 1. The molecule has 1 nitrogen and oxygen atoms in total. The summed E-state index contributed by atoms with van der Waals surface area (Å²) in [5, 5.41) is 0. The zero-order valence-electron chi connectivity index (χ0n) is 7.48. The smallest absolute Gasteiger partial charge is 0.0580 e. The maximum atomic E-state index is 5.49. The number of hydrogen-bond donors (Lipinski definition) is 0. The summed E-state index contributed by atoms with van der Waals surface area (Å²) in [6.07, 6.45) is 1.71. The molecule has 1 aliphatic heterocycles. The second-order valence-electron chi connectivity index (χ2n) is 4.34. The van der Waals surface area contributed by atoms with E-state index in [1.807, 2.05) is 0 Å². The summed E-state index contributed by atoms with van der Waals surface area (Å²) in [5.74, 6) is 0.757. The Labute approximate surface area is 63.8 Å². The molecule has 1 rings (SSSR count). The van der Waals surface area contributed by atoms with E-state index in [1.165, 1.54) is 6.42 Å². The molecular weight excluding hydrogens is 124 g/mol. The van der Waals surface area contributed by atoms with Gasteiger partial charge in [-0.25, -0.2) is 0 Å². The molecule has 1 fully saturated rings. The SMILES string of the molecule is C[C@H]1OCC[C@@H]1C(C)(C)C. The van der Waals surface area contributed by atoms with Gasteiger partial charge in [0, 0.05) is 6.61 Å². The maximum Gasteiger partial charge on any atom is 0.0580 e. The van der Waals surface area contributed by atoms with Crippen molar-refractivity contribution in [3.63, 3.8) is 0 Å². The molecule has 0 aromatic rings. The Hall–Kier alpha value is -0.0400. The van der Waals surface area contributed by atoms with E-state index in [0.29, 0.717) is 11.5 Å². The van der Waals surface area contributed by atoms with E-state index in [0.717, 1.165) is 12.5 Å². The van der Waals surface area contributed by atoms with Crippen molar-refractivity contribution in [2.75, 3.05) is 6.61 Å². The van der Waals surface area contributed by atoms with Crippen LogP contribution in [0.15, 0.2) is 0 Å². The Morgan fingerprint density at radius 3 is 2.10 bits per heavy atom. The van der Waals surface area contributed by atoms with Gasteiger partial charge in [-0.2, -0.15) is 0 Å². The average Bonchev–Trinajstić information content (AvgIpc) is 2.11. The van der Waals surface area contributed by atoms with Gasteiger partial charge in [-0.05, 0) is 24.7 Å². The summed E-state index contributed by atoms with van der Waals surface area (Å²) < 4.78 is 5.49. The van der Waals surface area contributed by atoms with Crippen molar-refractivity contribution in [2.24, 2.45) is 11.3 Å². The highest BCUT2D eigenvalue weighted by Gasteiger charge is 2.33. The molecule has 10 heavy (non-hydrogen) atoms. The third kappa shape index (κ3) is 1.51. The molecule has 1 saturated heterocycles. The fourth-order valence-corrected chi connectivity index (χ4v) is 1.87. The Balaban J connectivity index is 2.55. The summed E-state index contributed by atoms with van der Waals surface area (Å²) in [4.78, 5) is 0. The first-order valence-electron chi connectivity index (χ1n) is 4.13. The molecule has 1 heterocycles. The van der Waals surface area contributed by atoms with Crippen molar-refractivity contribution in [3.05, 3.63) is 0 Å². The Bertz CT molecular complexity index is 112. The van der Waals surface area contributed by atoms with Crippen LogP contribution in [0.1, 0.15) is 34.1 Å². The van der Waals surface area contributed by atoms with Crippen LogP contribution in [-0.4, -0.2) is 12.7 Å². The summed E-state index contributed by atoms with van der Waals surface area (Å²) in [6, 6.07) is 0. The molecule has 0 amide bonds. The third-order valence-electron chi connectivity index (χ3n) is 2.49. The van der Waals surface area contributed by atoms with Crippen molar-refractivity contribution in [3.8, 4) is 0 Å². The summed E-state index contributed by atoms with van der Waals surface area (Å²) in [5.41, 5.74) is 0.427. The Morgan fingerprint density at radius 1 is 1.30 bits per heavy atom. The molecule has 1 aliphatic rings. The molecule has 1 heteroatoms. The van der Waals surface area contributed by atoms with Gasteiger partial charge in [-0.15, -0.1) is 0 Å². The molecule has 2 atom stereocenters. The van der Waals surface area contributed by atoms with Crippen LogP contribution in [0.3, 0.4) is 0 Å². The zero-order valence-corrected chi connectivity index (χ0v) is 7.48. The molecular formula is C9H18O. The van der Waals surface area contributed by atoms with Gasteiger partial charge in [0.2, 0.25) is 0 Å². The lowest BCUT2D eigenvalue weighted by molar-refractivity contribution is 0.0728.